The van der Waals surface area contributed by atoms with Crippen LogP contribution >= 0.6 is 0 Å². The van der Waals surface area contributed by atoms with E-state index in [1.807, 2.05) is 0 Å². The smallest absolute Gasteiger partial charge is 0.0792 e. The van der Waals surface area contributed by atoms with Gasteiger partial charge in [0.1, 0.15) is 0 Å². The van der Waals surface area contributed by atoms with E-state index in [2.05, 4.69) is 56.4 Å². The van der Waals surface area contributed by atoms with Crippen molar-refractivity contribution in [3.63, 3.8) is 0 Å². The molecule has 21 heavy (non-hydrogen) atoms. The van der Waals surface area contributed by atoms with Crippen LogP contribution in [0, 0.1) is 11.8 Å². The largest absolute Gasteiger partial charge is 0.376 e. The molecule has 1 aromatic rings. The van der Waals surface area contributed by atoms with Crippen LogP contribution in [-0.4, -0.2) is 19.3 Å². The molecule has 1 aliphatic carbocycles. The van der Waals surface area contributed by atoms with Crippen LogP contribution < -0.4 is 5.32 Å². The quantitative estimate of drug-likeness (QED) is 0.757. The zero-order chi connectivity index (χ0) is 15.1. The van der Waals surface area contributed by atoms with Crippen molar-refractivity contribution in [3.05, 3.63) is 35.9 Å². The van der Waals surface area contributed by atoms with E-state index >= 15 is 0 Å². The second-order valence-electron chi connectivity index (χ2n) is 6.64. The normalized spacial score (nSPS) is 19.0. The van der Waals surface area contributed by atoms with Crippen molar-refractivity contribution in [1.82, 2.24) is 5.32 Å². The highest BCUT2D eigenvalue weighted by molar-refractivity contribution is 5.20. The van der Waals surface area contributed by atoms with Crippen molar-refractivity contribution in [2.24, 2.45) is 11.8 Å². The molecule has 1 aromatic carbocycles. The number of nitrogens with one attached hydrogen (secondary N) is 1. The molecule has 2 heteroatoms. The summed E-state index contributed by atoms with van der Waals surface area (Å²) in [6.45, 7) is 8.61. The number of ether oxygens (including phenoxy) is 1. The number of hydrogen-bond donors (Lipinski definition) is 1. The van der Waals surface area contributed by atoms with Crippen LogP contribution in [0.5, 0.6) is 0 Å². The van der Waals surface area contributed by atoms with Gasteiger partial charge in [-0.1, -0.05) is 63.9 Å². The van der Waals surface area contributed by atoms with E-state index < -0.39 is 0 Å². The molecule has 0 heterocycles. The first-order valence-corrected chi connectivity index (χ1v) is 8.62. The van der Waals surface area contributed by atoms with Gasteiger partial charge in [0.2, 0.25) is 0 Å². The van der Waals surface area contributed by atoms with Crippen molar-refractivity contribution >= 4 is 0 Å². The molecule has 1 N–H and O–H groups in total. The molecular weight excluding hydrogens is 258 g/mol. The van der Waals surface area contributed by atoms with Gasteiger partial charge in [0.05, 0.1) is 12.1 Å². The third-order valence-corrected chi connectivity index (χ3v) is 4.57. The zero-order valence-corrected chi connectivity index (χ0v) is 13.8. The van der Waals surface area contributed by atoms with Gasteiger partial charge >= 0.3 is 0 Å². The molecule has 0 aromatic heterocycles. The highest BCUT2D eigenvalue weighted by Gasteiger charge is 2.27. The van der Waals surface area contributed by atoms with Crippen molar-refractivity contribution in [1.29, 1.82) is 0 Å². The molecule has 0 radical (unpaired) electrons. The summed E-state index contributed by atoms with van der Waals surface area (Å²) < 4.78 is 6.39. The molecule has 1 saturated carbocycles. The van der Waals surface area contributed by atoms with E-state index in [-0.39, 0.29) is 12.1 Å². The average Bonchev–Trinajstić information content (AvgIpc) is 3.00. The summed E-state index contributed by atoms with van der Waals surface area (Å²) >= 11 is 0. The van der Waals surface area contributed by atoms with E-state index in [0.29, 0.717) is 5.92 Å². The fraction of sp³-hybridized carbons (Fsp3) is 0.684. The lowest BCUT2D eigenvalue weighted by atomic mass is 9.93. The van der Waals surface area contributed by atoms with Gasteiger partial charge in [-0.15, -0.1) is 0 Å². The second-order valence-corrected chi connectivity index (χ2v) is 6.64. The minimum atomic E-state index is 0.243. The predicted octanol–water partition coefficient (Wildman–Crippen LogP) is 4.57. The average molecular weight is 289 g/mol. The Morgan fingerprint density at radius 1 is 1.14 bits per heavy atom. The first-order chi connectivity index (χ1) is 10.2. The van der Waals surface area contributed by atoms with Gasteiger partial charge in [-0.2, -0.15) is 0 Å². The van der Waals surface area contributed by atoms with Gasteiger partial charge in [-0.25, -0.2) is 0 Å². The fourth-order valence-corrected chi connectivity index (χ4v) is 3.40. The van der Waals surface area contributed by atoms with Crippen molar-refractivity contribution in [2.75, 3.05) is 13.2 Å². The Hall–Kier alpha value is -0.860. The topological polar surface area (TPSA) is 21.3 Å². The summed E-state index contributed by atoms with van der Waals surface area (Å²) in [5.41, 5.74) is 1.34. The first-order valence-electron chi connectivity index (χ1n) is 8.62. The third kappa shape index (κ3) is 4.82. The summed E-state index contributed by atoms with van der Waals surface area (Å²) in [6, 6.07) is 11.0. The highest BCUT2D eigenvalue weighted by atomic mass is 16.5. The number of rotatable bonds is 8. The van der Waals surface area contributed by atoms with Crippen LogP contribution in [0.1, 0.15) is 58.1 Å². The summed E-state index contributed by atoms with van der Waals surface area (Å²) in [6.07, 6.45) is 5.71. The van der Waals surface area contributed by atoms with Gasteiger partial charge < -0.3 is 10.1 Å². The van der Waals surface area contributed by atoms with Crippen LogP contribution in [-0.2, 0) is 4.74 Å². The Bertz CT molecular complexity index is 384. The number of benzene rings is 1. The molecule has 2 rings (SSSR count). The van der Waals surface area contributed by atoms with E-state index in [9.17, 15) is 0 Å². The van der Waals surface area contributed by atoms with E-state index in [0.717, 1.165) is 19.1 Å². The molecule has 2 atom stereocenters. The maximum absolute atomic E-state index is 6.39. The van der Waals surface area contributed by atoms with Gasteiger partial charge in [0, 0.05) is 6.61 Å². The van der Waals surface area contributed by atoms with Crippen LogP contribution in [0.4, 0.5) is 0 Å². The Labute approximate surface area is 130 Å². The van der Waals surface area contributed by atoms with E-state index in [1.54, 1.807) is 0 Å². The summed E-state index contributed by atoms with van der Waals surface area (Å²) in [7, 11) is 0. The predicted molar refractivity (Wildman–Crippen MR) is 89.4 cm³/mol. The van der Waals surface area contributed by atoms with Crippen LogP contribution in [0.2, 0.25) is 0 Å². The minimum absolute atomic E-state index is 0.243. The van der Waals surface area contributed by atoms with Gasteiger partial charge in [0.15, 0.2) is 0 Å². The van der Waals surface area contributed by atoms with Crippen LogP contribution in [0.15, 0.2) is 30.3 Å². The van der Waals surface area contributed by atoms with Crippen LogP contribution in [0.25, 0.3) is 0 Å². The van der Waals surface area contributed by atoms with Crippen LogP contribution in [0.3, 0.4) is 0 Å². The molecule has 0 aliphatic heterocycles. The fourth-order valence-electron chi connectivity index (χ4n) is 3.40. The highest BCUT2D eigenvalue weighted by Crippen LogP contribution is 2.29. The van der Waals surface area contributed by atoms with E-state index in [4.69, 9.17) is 4.74 Å². The monoisotopic (exact) mass is 289 g/mol. The lowest BCUT2D eigenvalue weighted by Crippen LogP contribution is -2.38. The molecule has 0 amide bonds. The minimum Gasteiger partial charge on any atom is -0.376 e. The summed E-state index contributed by atoms with van der Waals surface area (Å²) in [4.78, 5) is 0. The van der Waals surface area contributed by atoms with Gasteiger partial charge in [0.25, 0.3) is 0 Å². The molecule has 1 fully saturated rings. The Kier molecular flexibility index (Phi) is 6.72. The van der Waals surface area contributed by atoms with E-state index in [1.165, 1.54) is 31.2 Å². The van der Waals surface area contributed by atoms with Gasteiger partial charge in [-0.05, 0) is 36.8 Å². The summed E-state index contributed by atoms with van der Waals surface area (Å²) in [5, 5.41) is 3.63. The maximum atomic E-state index is 6.39. The molecule has 1 aliphatic rings. The first kappa shape index (κ1) is 16.5. The van der Waals surface area contributed by atoms with Crippen molar-refractivity contribution in [2.45, 2.75) is 58.6 Å². The van der Waals surface area contributed by atoms with Crippen molar-refractivity contribution < 1.29 is 4.74 Å². The molecular formula is C19H31NO. The molecule has 118 valence electrons. The lowest BCUT2D eigenvalue weighted by Gasteiger charge is -2.32. The molecule has 2 nitrogen and oxygen atoms in total. The van der Waals surface area contributed by atoms with Crippen molar-refractivity contribution in [3.8, 4) is 0 Å². The lowest BCUT2D eigenvalue weighted by molar-refractivity contribution is -0.0203. The second kappa shape index (κ2) is 8.55. The third-order valence-electron chi connectivity index (χ3n) is 4.57. The molecule has 0 saturated heterocycles. The molecule has 0 spiro atoms. The standard InChI is InChI=1S/C19H31NO/c1-4-20-18(17-12-6-5-7-13-17)19(15(2)3)21-14-16-10-8-9-11-16/h5-7,12-13,15-16,18-20H,4,8-11,14H2,1-3H3. The number of hydrogen-bond acceptors (Lipinski definition) is 2. The molecule has 0 bridgehead atoms. The Balaban J connectivity index is 2.04. The Morgan fingerprint density at radius 2 is 1.81 bits per heavy atom. The zero-order valence-electron chi connectivity index (χ0n) is 13.8. The maximum Gasteiger partial charge on any atom is 0.0792 e. The summed E-state index contributed by atoms with van der Waals surface area (Å²) in [5.74, 6) is 1.29. The van der Waals surface area contributed by atoms with Gasteiger partial charge in [-0.3, -0.25) is 0 Å². The Morgan fingerprint density at radius 3 is 2.38 bits per heavy atom. The number of likely N-dealkylation sites (N-methyl/N-ethyl adjacent to an activating group) is 1. The molecule has 2 unspecified atom stereocenters. The SMILES string of the molecule is CCNC(c1ccccc1)C(OCC1CCCC1)C(C)C.